The van der Waals surface area contributed by atoms with E-state index in [4.69, 9.17) is 14.1 Å². The molecule has 1 saturated carbocycles. The summed E-state index contributed by atoms with van der Waals surface area (Å²) in [7, 11) is -0.0290. The van der Waals surface area contributed by atoms with E-state index in [-0.39, 0.29) is 5.56 Å². The van der Waals surface area contributed by atoms with Crippen LogP contribution in [0.15, 0.2) is 18.2 Å². The van der Waals surface area contributed by atoms with E-state index in [0.29, 0.717) is 23.7 Å². The monoisotopic (exact) mass is 350 g/mol. The van der Waals surface area contributed by atoms with Crippen LogP contribution in [0.3, 0.4) is 0 Å². The lowest BCUT2D eigenvalue weighted by molar-refractivity contribution is -0.0982. The number of carbonyl (C=O) groups is 1. The van der Waals surface area contributed by atoms with Gasteiger partial charge in [-0.25, -0.2) is 4.79 Å². The van der Waals surface area contributed by atoms with Crippen LogP contribution in [0.25, 0.3) is 0 Å². The summed E-state index contributed by atoms with van der Waals surface area (Å²) in [5.74, 6) is 0.515. The fourth-order valence-corrected chi connectivity index (χ4v) is 2.07. The highest BCUT2D eigenvalue weighted by atomic mass is 16.5. The molecule has 138 valence electrons. The first-order chi connectivity index (χ1) is 11.5. The lowest BCUT2D eigenvalue weighted by atomic mass is 9.76. The largest absolute Gasteiger partial charge is 0.493 e. The smallest absolute Gasteiger partial charge is 0.491 e. The van der Waals surface area contributed by atoms with Crippen LogP contribution in [0.5, 0.6) is 5.75 Å². The zero-order valence-corrected chi connectivity index (χ0v) is 15.5. The van der Waals surface area contributed by atoms with Crippen LogP contribution in [0, 0.1) is 5.92 Å². The quantitative estimate of drug-likeness (QED) is 0.546. The van der Waals surface area contributed by atoms with Crippen LogP contribution in [-0.2, 0) is 9.39 Å². The van der Waals surface area contributed by atoms with Crippen molar-refractivity contribution in [3.05, 3.63) is 23.8 Å². The molecule has 0 heterocycles. The third-order valence-electron chi connectivity index (χ3n) is 4.70. The van der Waals surface area contributed by atoms with Gasteiger partial charge in [-0.3, -0.25) is 0 Å². The van der Waals surface area contributed by atoms with Crippen molar-refractivity contribution in [2.75, 3.05) is 13.7 Å². The summed E-state index contributed by atoms with van der Waals surface area (Å²) in [6.45, 7) is 7.16. The molecule has 25 heavy (non-hydrogen) atoms. The molecule has 1 aliphatic carbocycles. The topological polar surface area (TPSA) is 85.2 Å². The molecule has 1 aromatic carbocycles. The van der Waals surface area contributed by atoms with Crippen LogP contribution in [0.2, 0.25) is 0 Å². The Kier molecular flexibility index (Phi) is 5.81. The Morgan fingerprint density at radius 1 is 1.24 bits per heavy atom. The summed E-state index contributed by atoms with van der Waals surface area (Å²) in [6.07, 6.45) is 2.30. The summed E-state index contributed by atoms with van der Waals surface area (Å²) >= 11 is 0. The Hall–Kier alpha value is -1.57. The maximum atomic E-state index is 11.9. The van der Waals surface area contributed by atoms with Crippen molar-refractivity contribution in [1.29, 1.82) is 0 Å². The summed E-state index contributed by atoms with van der Waals surface area (Å²) in [4.78, 5) is 11.9. The van der Waals surface area contributed by atoms with Gasteiger partial charge in [-0.1, -0.05) is 0 Å². The molecule has 0 saturated heterocycles. The highest BCUT2D eigenvalue weighted by Crippen LogP contribution is 2.30. The van der Waals surface area contributed by atoms with Gasteiger partial charge < -0.3 is 24.3 Å². The number of methoxy groups -OCH3 is 1. The van der Waals surface area contributed by atoms with E-state index in [9.17, 15) is 14.9 Å². The first-order valence-electron chi connectivity index (χ1n) is 8.48. The molecule has 1 fully saturated rings. The van der Waals surface area contributed by atoms with Crippen molar-refractivity contribution < 1.29 is 29.1 Å². The second-order valence-electron chi connectivity index (χ2n) is 7.58. The van der Waals surface area contributed by atoms with Gasteiger partial charge in [-0.15, -0.1) is 0 Å². The van der Waals surface area contributed by atoms with Gasteiger partial charge in [0.2, 0.25) is 0 Å². The SMILES string of the molecule is COC(=O)c1cc(OCC2CC2)cc(B(O)OC(C)(C)C(C)(C)O)c1. The van der Waals surface area contributed by atoms with E-state index in [1.54, 1.807) is 39.8 Å². The van der Waals surface area contributed by atoms with Crippen LogP contribution in [0.1, 0.15) is 50.9 Å². The van der Waals surface area contributed by atoms with Gasteiger partial charge >= 0.3 is 13.1 Å². The molecule has 0 spiro atoms. The van der Waals surface area contributed by atoms with E-state index in [0.717, 1.165) is 12.8 Å². The number of ether oxygens (including phenoxy) is 2. The predicted octanol–water partition coefficient (Wildman–Crippen LogP) is 1.52. The van der Waals surface area contributed by atoms with Crippen molar-refractivity contribution in [2.45, 2.75) is 51.7 Å². The third kappa shape index (κ3) is 5.20. The summed E-state index contributed by atoms with van der Waals surface area (Å²) in [6, 6.07) is 4.73. The third-order valence-corrected chi connectivity index (χ3v) is 4.70. The summed E-state index contributed by atoms with van der Waals surface area (Å²) in [5, 5.41) is 20.7. The van der Waals surface area contributed by atoms with Crippen molar-refractivity contribution in [2.24, 2.45) is 5.92 Å². The normalized spacial score (nSPS) is 15.0. The molecule has 0 amide bonds. The first-order valence-corrected chi connectivity index (χ1v) is 8.48. The number of esters is 1. The maximum absolute atomic E-state index is 11.9. The van der Waals surface area contributed by atoms with Gasteiger partial charge in [0.25, 0.3) is 0 Å². The lowest BCUT2D eigenvalue weighted by Gasteiger charge is -2.38. The van der Waals surface area contributed by atoms with E-state index in [1.165, 1.54) is 13.2 Å². The minimum atomic E-state index is -1.32. The molecule has 0 bridgehead atoms. The van der Waals surface area contributed by atoms with Crippen molar-refractivity contribution in [1.82, 2.24) is 0 Å². The molecule has 0 aliphatic heterocycles. The number of hydrogen-bond acceptors (Lipinski definition) is 6. The average Bonchev–Trinajstić information content (AvgIpc) is 3.34. The molecular formula is C18H27BO6. The number of benzene rings is 1. The predicted molar refractivity (Wildman–Crippen MR) is 95.1 cm³/mol. The van der Waals surface area contributed by atoms with Crippen LogP contribution in [-0.4, -0.2) is 48.1 Å². The van der Waals surface area contributed by atoms with Gasteiger partial charge in [-0.05, 0) is 70.1 Å². The van der Waals surface area contributed by atoms with Crippen LogP contribution in [0.4, 0.5) is 0 Å². The van der Waals surface area contributed by atoms with Crippen molar-refractivity contribution in [3.8, 4) is 5.75 Å². The molecule has 0 aromatic heterocycles. The van der Waals surface area contributed by atoms with Gasteiger partial charge in [0.1, 0.15) is 5.75 Å². The fourth-order valence-electron chi connectivity index (χ4n) is 2.07. The standard InChI is InChI=1S/C18H27BO6/c1-17(2,21)18(3,4)25-19(22)14-8-13(16(20)23-5)9-15(10-14)24-11-12-6-7-12/h8-10,12,21-22H,6-7,11H2,1-5H3. The highest BCUT2D eigenvalue weighted by molar-refractivity contribution is 6.60. The lowest BCUT2D eigenvalue weighted by Crippen LogP contribution is -2.53. The number of aliphatic hydroxyl groups is 1. The molecule has 0 radical (unpaired) electrons. The number of hydrogen-bond donors (Lipinski definition) is 2. The Balaban J connectivity index is 2.24. The first kappa shape index (κ1) is 19.8. The maximum Gasteiger partial charge on any atom is 0.491 e. The van der Waals surface area contributed by atoms with Gasteiger partial charge in [0.15, 0.2) is 0 Å². The number of rotatable bonds is 8. The molecule has 1 aromatic rings. The van der Waals surface area contributed by atoms with Crippen molar-refractivity contribution >= 4 is 18.6 Å². The van der Waals surface area contributed by atoms with E-state index in [2.05, 4.69) is 0 Å². The summed E-state index contributed by atoms with van der Waals surface area (Å²) < 4.78 is 16.1. The molecule has 1 aliphatic rings. The van der Waals surface area contributed by atoms with Gasteiger partial charge in [0, 0.05) is 0 Å². The zero-order valence-electron chi connectivity index (χ0n) is 15.5. The van der Waals surface area contributed by atoms with Crippen LogP contribution >= 0.6 is 0 Å². The van der Waals surface area contributed by atoms with E-state index in [1.807, 2.05) is 0 Å². The Morgan fingerprint density at radius 2 is 1.88 bits per heavy atom. The minimum Gasteiger partial charge on any atom is -0.493 e. The minimum absolute atomic E-state index is 0.273. The van der Waals surface area contributed by atoms with Crippen molar-refractivity contribution in [3.63, 3.8) is 0 Å². The number of carbonyl (C=O) groups excluding carboxylic acids is 1. The fraction of sp³-hybridized carbons (Fsp3) is 0.611. The average molecular weight is 350 g/mol. The van der Waals surface area contributed by atoms with Gasteiger partial charge in [0.05, 0.1) is 30.5 Å². The van der Waals surface area contributed by atoms with E-state index >= 15 is 0 Å². The second kappa shape index (κ2) is 7.36. The molecular weight excluding hydrogens is 323 g/mol. The second-order valence-corrected chi connectivity index (χ2v) is 7.58. The van der Waals surface area contributed by atoms with E-state index < -0.39 is 24.3 Å². The molecule has 0 unspecified atom stereocenters. The molecule has 2 N–H and O–H groups in total. The highest BCUT2D eigenvalue weighted by Gasteiger charge is 2.39. The van der Waals surface area contributed by atoms with Crippen LogP contribution < -0.4 is 10.2 Å². The Morgan fingerprint density at radius 3 is 2.40 bits per heavy atom. The molecule has 2 rings (SSSR count). The van der Waals surface area contributed by atoms with Gasteiger partial charge in [-0.2, -0.15) is 0 Å². The molecule has 0 atom stereocenters. The molecule has 7 heteroatoms. The molecule has 6 nitrogen and oxygen atoms in total. The zero-order chi connectivity index (χ0) is 18.8. The Bertz CT molecular complexity index is 618. The Labute approximate surface area is 149 Å². The summed E-state index contributed by atoms with van der Waals surface area (Å²) in [5.41, 5.74) is -1.54.